The first-order chi connectivity index (χ1) is 9.54. The summed E-state index contributed by atoms with van der Waals surface area (Å²) in [5.41, 5.74) is 1.50. The Morgan fingerprint density at radius 2 is 2.10 bits per heavy atom. The minimum absolute atomic E-state index is 0.181. The SMILES string of the molecule is C=CCNC(=O)NCCC(=O)Nc1cccc(Cl)c1C. The first-order valence-electron chi connectivity index (χ1n) is 6.22. The minimum Gasteiger partial charge on any atom is -0.338 e. The number of hydrogen-bond donors (Lipinski definition) is 3. The smallest absolute Gasteiger partial charge is 0.315 e. The fourth-order valence-corrected chi connectivity index (χ4v) is 1.65. The van der Waals surface area contributed by atoms with Gasteiger partial charge in [0.2, 0.25) is 5.91 Å². The van der Waals surface area contributed by atoms with Crippen molar-refractivity contribution in [2.45, 2.75) is 13.3 Å². The summed E-state index contributed by atoms with van der Waals surface area (Å²) in [4.78, 5) is 23.0. The summed E-state index contributed by atoms with van der Waals surface area (Å²) in [6, 6.07) is 4.99. The molecule has 3 amide bonds. The van der Waals surface area contributed by atoms with Gasteiger partial charge in [0.15, 0.2) is 0 Å². The maximum atomic E-state index is 11.7. The fraction of sp³-hybridized carbons (Fsp3) is 0.286. The van der Waals surface area contributed by atoms with Crippen LogP contribution in [0.2, 0.25) is 5.02 Å². The van der Waals surface area contributed by atoms with Crippen LogP contribution < -0.4 is 16.0 Å². The summed E-state index contributed by atoms with van der Waals surface area (Å²) < 4.78 is 0. The molecule has 3 N–H and O–H groups in total. The van der Waals surface area contributed by atoms with E-state index in [1.54, 1.807) is 24.3 Å². The molecule has 5 nitrogen and oxygen atoms in total. The van der Waals surface area contributed by atoms with Crippen molar-refractivity contribution in [3.8, 4) is 0 Å². The summed E-state index contributed by atoms with van der Waals surface area (Å²) >= 11 is 5.97. The van der Waals surface area contributed by atoms with Crippen molar-refractivity contribution in [1.29, 1.82) is 0 Å². The quantitative estimate of drug-likeness (QED) is 0.706. The largest absolute Gasteiger partial charge is 0.338 e. The van der Waals surface area contributed by atoms with Crippen molar-refractivity contribution in [1.82, 2.24) is 10.6 Å². The number of urea groups is 1. The monoisotopic (exact) mass is 295 g/mol. The molecular formula is C14H18ClN3O2. The van der Waals surface area contributed by atoms with Crippen LogP contribution in [0, 0.1) is 6.92 Å². The van der Waals surface area contributed by atoms with Crippen molar-refractivity contribution in [3.63, 3.8) is 0 Å². The molecule has 1 rings (SSSR count). The highest BCUT2D eigenvalue weighted by molar-refractivity contribution is 6.31. The molecule has 0 heterocycles. The van der Waals surface area contributed by atoms with Crippen molar-refractivity contribution in [2.75, 3.05) is 18.4 Å². The highest BCUT2D eigenvalue weighted by atomic mass is 35.5. The van der Waals surface area contributed by atoms with Gasteiger partial charge in [0.1, 0.15) is 0 Å². The van der Waals surface area contributed by atoms with Crippen LogP contribution in [0.25, 0.3) is 0 Å². The van der Waals surface area contributed by atoms with E-state index in [-0.39, 0.29) is 24.9 Å². The second-order valence-electron chi connectivity index (χ2n) is 4.14. The molecule has 6 heteroatoms. The van der Waals surface area contributed by atoms with E-state index in [1.165, 1.54) is 0 Å². The van der Waals surface area contributed by atoms with Crippen LogP contribution in [0.5, 0.6) is 0 Å². The molecule has 0 saturated heterocycles. The molecule has 1 aromatic rings. The van der Waals surface area contributed by atoms with E-state index >= 15 is 0 Å². The standard InChI is InChI=1S/C14H18ClN3O2/c1-3-8-16-14(20)17-9-7-13(19)18-12-6-4-5-11(15)10(12)2/h3-6H,1,7-9H2,2H3,(H,18,19)(H2,16,17,20). The number of carbonyl (C=O) groups excluding carboxylic acids is 2. The van der Waals surface area contributed by atoms with Crippen molar-refractivity contribution in [2.24, 2.45) is 0 Å². The molecule has 0 aliphatic rings. The Kier molecular flexibility index (Phi) is 6.59. The second-order valence-corrected chi connectivity index (χ2v) is 4.54. The Morgan fingerprint density at radius 3 is 2.80 bits per heavy atom. The van der Waals surface area contributed by atoms with Gasteiger partial charge in [-0.25, -0.2) is 4.79 Å². The van der Waals surface area contributed by atoms with Crippen LogP contribution in [0.15, 0.2) is 30.9 Å². The lowest BCUT2D eigenvalue weighted by atomic mass is 10.2. The molecule has 0 fully saturated rings. The zero-order valence-corrected chi connectivity index (χ0v) is 12.1. The van der Waals surface area contributed by atoms with Gasteiger partial charge < -0.3 is 16.0 Å². The van der Waals surface area contributed by atoms with E-state index in [4.69, 9.17) is 11.6 Å². The molecule has 0 aliphatic heterocycles. The molecule has 0 aromatic heterocycles. The number of carbonyl (C=O) groups is 2. The van der Waals surface area contributed by atoms with E-state index < -0.39 is 0 Å². The maximum absolute atomic E-state index is 11.7. The van der Waals surface area contributed by atoms with Crippen LogP contribution in [-0.4, -0.2) is 25.0 Å². The third-order valence-corrected chi connectivity index (χ3v) is 3.00. The molecule has 0 spiro atoms. The highest BCUT2D eigenvalue weighted by Gasteiger charge is 2.07. The molecule has 0 atom stereocenters. The first-order valence-corrected chi connectivity index (χ1v) is 6.60. The van der Waals surface area contributed by atoms with Crippen LogP contribution in [-0.2, 0) is 4.79 Å². The van der Waals surface area contributed by atoms with Gasteiger partial charge in [-0.05, 0) is 24.6 Å². The Hall–Kier alpha value is -2.01. The molecule has 108 valence electrons. The van der Waals surface area contributed by atoms with Gasteiger partial charge in [0.05, 0.1) is 0 Å². The number of anilines is 1. The van der Waals surface area contributed by atoms with Crippen molar-refractivity contribution < 1.29 is 9.59 Å². The second kappa shape index (κ2) is 8.22. The topological polar surface area (TPSA) is 70.2 Å². The first kappa shape index (κ1) is 16.0. The molecule has 0 unspecified atom stereocenters. The van der Waals surface area contributed by atoms with Crippen LogP contribution in [0.1, 0.15) is 12.0 Å². The predicted octanol–water partition coefficient (Wildman–Crippen LogP) is 2.46. The van der Waals surface area contributed by atoms with Crippen LogP contribution >= 0.6 is 11.6 Å². The number of hydrogen-bond acceptors (Lipinski definition) is 2. The van der Waals surface area contributed by atoms with Crippen LogP contribution in [0.4, 0.5) is 10.5 Å². The van der Waals surface area contributed by atoms with E-state index in [9.17, 15) is 9.59 Å². The van der Waals surface area contributed by atoms with Gasteiger partial charge in [0.25, 0.3) is 0 Å². The average Bonchev–Trinajstić information content (AvgIpc) is 2.41. The minimum atomic E-state index is -0.323. The van der Waals surface area contributed by atoms with Crippen molar-refractivity contribution in [3.05, 3.63) is 41.4 Å². The number of benzene rings is 1. The Balaban J connectivity index is 2.35. The summed E-state index contributed by atoms with van der Waals surface area (Å²) in [5.74, 6) is -0.181. The molecule has 0 aliphatic carbocycles. The molecular weight excluding hydrogens is 278 g/mol. The Labute approximate surface area is 123 Å². The number of rotatable bonds is 6. The summed E-state index contributed by atoms with van der Waals surface area (Å²) in [6.07, 6.45) is 1.77. The van der Waals surface area contributed by atoms with E-state index in [0.29, 0.717) is 17.3 Å². The maximum Gasteiger partial charge on any atom is 0.315 e. The molecule has 0 bridgehead atoms. The zero-order chi connectivity index (χ0) is 15.0. The normalized spacial score (nSPS) is 9.70. The molecule has 20 heavy (non-hydrogen) atoms. The average molecular weight is 296 g/mol. The summed E-state index contributed by atoms with van der Waals surface area (Å²) in [5, 5.41) is 8.49. The lowest BCUT2D eigenvalue weighted by Gasteiger charge is -2.10. The predicted molar refractivity (Wildman–Crippen MR) is 81.0 cm³/mol. The van der Waals surface area contributed by atoms with Gasteiger partial charge in [-0.2, -0.15) is 0 Å². The van der Waals surface area contributed by atoms with Gasteiger partial charge in [0, 0.05) is 30.2 Å². The Bertz CT molecular complexity index is 503. The molecule has 0 saturated carbocycles. The lowest BCUT2D eigenvalue weighted by Crippen LogP contribution is -2.37. The van der Waals surface area contributed by atoms with Crippen LogP contribution in [0.3, 0.4) is 0 Å². The lowest BCUT2D eigenvalue weighted by molar-refractivity contribution is -0.116. The van der Waals surface area contributed by atoms with Gasteiger partial charge in [-0.15, -0.1) is 6.58 Å². The zero-order valence-electron chi connectivity index (χ0n) is 11.3. The highest BCUT2D eigenvalue weighted by Crippen LogP contribution is 2.22. The third kappa shape index (κ3) is 5.32. The van der Waals surface area contributed by atoms with E-state index in [0.717, 1.165) is 5.56 Å². The van der Waals surface area contributed by atoms with Gasteiger partial charge in [-0.3, -0.25) is 4.79 Å². The molecule has 1 aromatic carbocycles. The fourth-order valence-electron chi connectivity index (χ4n) is 1.47. The van der Waals surface area contributed by atoms with E-state index in [2.05, 4.69) is 22.5 Å². The third-order valence-electron chi connectivity index (χ3n) is 2.59. The molecule has 0 radical (unpaired) electrons. The van der Waals surface area contributed by atoms with E-state index in [1.807, 2.05) is 6.92 Å². The Morgan fingerprint density at radius 1 is 1.35 bits per heavy atom. The van der Waals surface area contributed by atoms with Gasteiger partial charge >= 0.3 is 6.03 Å². The van der Waals surface area contributed by atoms with Gasteiger partial charge in [-0.1, -0.05) is 23.7 Å². The number of halogens is 1. The number of nitrogens with one attached hydrogen (secondary N) is 3. The van der Waals surface area contributed by atoms with Crippen molar-refractivity contribution >= 4 is 29.2 Å². The number of amides is 3. The summed E-state index contributed by atoms with van der Waals surface area (Å²) in [6.45, 7) is 5.97. The summed E-state index contributed by atoms with van der Waals surface area (Å²) in [7, 11) is 0.